The molecule has 0 amide bonds. The highest BCUT2D eigenvalue weighted by Gasteiger charge is 2.13. The van der Waals surface area contributed by atoms with Crippen LogP contribution in [0.1, 0.15) is 37.0 Å². The molecule has 0 radical (unpaired) electrons. The highest BCUT2D eigenvalue weighted by Crippen LogP contribution is 2.07. The van der Waals surface area contributed by atoms with Gasteiger partial charge in [0, 0.05) is 12.3 Å². The number of hydrogen-bond donors (Lipinski definition) is 0. The molecular formula is C12H20N2O3. The van der Waals surface area contributed by atoms with Crippen LogP contribution in [0.15, 0.2) is 6.07 Å². The van der Waals surface area contributed by atoms with Crippen LogP contribution in [0.3, 0.4) is 0 Å². The second-order valence-electron chi connectivity index (χ2n) is 3.52. The van der Waals surface area contributed by atoms with E-state index in [4.69, 9.17) is 9.47 Å². The van der Waals surface area contributed by atoms with E-state index in [0.717, 1.165) is 12.1 Å². The minimum atomic E-state index is -0.364. The van der Waals surface area contributed by atoms with Gasteiger partial charge in [0.1, 0.15) is 0 Å². The standard InChI is InChI=1S/C12H20N2O3/c1-4-10-9-11(12(15)17-6-3)13-14(10)7-8-16-5-2/h9H,4-8H2,1-3H3. The van der Waals surface area contributed by atoms with Gasteiger partial charge in [-0.05, 0) is 26.3 Å². The molecule has 0 fully saturated rings. The van der Waals surface area contributed by atoms with Crippen LogP contribution in [0.2, 0.25) is 0 Å². The first-order valence-electron chi connectivity index (χ1n) is 6.04. The van der Waals surface area contributed by atoms with Crippen molar-refractivity contribution in [3.8, 4) is 0 Å². The van der Waals surface area contributed by atoms with E-state index in [1.807, 2.05) is 18.5 Å². The number of ether oxygens (including phenoxy) is 2. The van der Waals surface area contributed by atoms with Crippen molar-refractivity contribution >= 4 is 5.97 Å². The summed E-state index contributed by atoms with van der Waals surface area (Å²) in [5.74, 6) is -0.364. The zero-order valence-corrected chi connectivity index (χ0v) is 10.7. The van der Waals surface area contributed by atoms with Crippen molar-refractivity contribution in [1.82, 2.24) is 9.78 Å². The summed E-state index contributed by atoms with van der Waals surface area (Å²) in [5.41, 5.74) is 1.40. The van der Waals surface area contributed by atoms with E-state index < -0.39 is 0 Å². The Kier molecular flexibility index (Phi) is 5.69. The molecule has 1 heterocycles. The summed E-state index contributed by atoms with van der Waals surface area (Å²) in [7, 11) is 0. The lowest BCUT2D eigenvalue weighted by Gasteiger charge is -2.05. The second-order valence-corrected chi connectivity index (χ2v) is 3.52. The topological polar surface area (TPSA) is 53.4 Å². The van der Waals surface area contributed by atoms with Crippen molar-refractivity contribution in [3.63, 3.8) is 0 Å². The molecule has 0 aliphatic rings. The van der Waals surface area contributed by atoms with E-state index >= 15 is 0 Å². The predicted molar refractivity (Wildman–Crippen MR) is 64.1 cm³/mol. The second kappa shape index (κ2) is 7.06. The minimum Gasteiger partial charge on any atom is -0.461 e. The normalized spacial score (nSPS) is 10.5. The molecule has 17 heavy (non-hydrogen) atoms. The monoisotopic (exact) mass is 240 g/mol. The van der Waals surface area contributed by atoms with Gasteiger partial charge < -0.3 is 9.47 Å². The van der Waals surface area contributed by atoms with E-state index in [-0.39, 0.29) is 5.97 Å². The molecule has 96 valence electrons. The van der Waals surface area contributed by atoms with Crippen molar-refractivity contribution in [1.29, 1.82) is 0 Å². The Morgan fingerprint density at radius 2 is 2.12 bits per heavy atom. The molecule has 5 heteroatoms. The number of carbonyl (C=O) groups excluding carboxylic acids is 1. The van der Waals surface area contributed by atoms with Gasteiger partial charge in [-0.15, -0.1) is 0 Å². The van der Waals surface area contributed by atoms with E-state index in [1.165, 1.54) is 0 Å². The summed E-state index contributed by atoms with van der Waals surface area (Å²) >= 11 is 0. The van der Waals surface area contributed by atoms with Crippen molar-refractivity contribution in [2.24, 2.45) is 0 Å². The molecule has 1 rings (SSSR count). The van der Waals surface area contributed by atoms with Crippen LogP contribution in [0, 0.1) is 0 Å². The SMILES string of the molecule is CCOCCn1nc(C(=O)OCC)cc1CC. The first kappa shape index (κ1) is 13.7. The van der Waals surface area contributed by atoms with Crippen molar-refractivity contribution < 1.29 is 14.3 Å². The molecule has 0 aliphatic heterocycles. The van der Waals surface area contributed by atoms with Gasteiger partial charge in [-0.1, -0.05) is 6.92 Å². The first-order chi connectivity index (χ1) is 8.22. The molecule has 0 saturated heterocycles. The van der Waals surface area contributed by atoms with Gasteiger partial charge in [0.2, 0.25) is 0 Å². The number of nitrogens with zero attached hydrogens (tertiary/aromatic N) is 2. The van der Waals surface area contributed by atoms with Crippen molar-refractivity contribution in [3.05, 3.63) is 17.5 Å². The molecule has 0 unspecified atom stereocenters. The number of aryl methyl sites for hydroxylation is 1. The largest absolute Gasteiger partial charge is 0.461 e. The van der Waals surface area contributed by atoms with E-state index in [9.17, 15) is 4.79 Å². The van der Waals surface area contributed by atoms with Crippen molar-refractivity contribution in [2.45, 2.75) is 33.7 Å². The average Bonchev–Trinajstić information content (AvgIpc) is 2.73. The Balaban J connectivity index is 2.72. The fraction of sp³-hybridized carbons (Fsp3) is 0.667. The van der Waals surface area contributed by atoms with Crippen LogP contribution in [-0.4, -0.2) is 35.6 Å². The zero-order valence-electron chi connectivity index (χ0n) is 10.7. The van der Waals surface area contributed by atoms with Gasteiger partial charge >= 0.3 is 5.97 Å². The van der Waals surface area contributed by atoms with Crippen LogP contribution in [0.4, 0.5) is 0 Å². The number of hydrogen-bond acceptors (Lipinski definition) is 4. The van der Waals surface area contributed by atoms with Crippen LogP contribution < -0.4 is 0 Å². The molecule has 0 bridgehead atoms. The first-order valence-corrected chi connectivity index (χ1v) is 6.04. The smallest absolute Gasteiger partial charge is 0.358 e. The molecule has 1 aromatic rings. The van der Waals surface area contributed by atoms with E-state index in [1.54, 1.807) is 13.0 Å². The molecule has 0 aromatic carbocycles. The fourth-order valence-corrected chi connectivity index (χ4v) is 1.53. The van der Waals surface area contributed by atoms with Crippen LogP contribution in [0.25, 0.3) is 0 Å². The lowest BCUT2D eigenvalue weighted by molar-refractivity contribution is 0.0517. The van der Waals surface area contributed by atoms with E-state index in [0.29, 0.717) is 32.1 Å². The van der Waals surface area contributed by atoms with Gasteiger partial charge in [0.15, 0.2) is 5.69 Å². The Morgan fingerprint density at radius 1 is 1.35 bits per heavy atom. The highest BCUT2D eigenvalue weighted by molar-refractivity contribution is 5.87. The maximum atomic E-state index is 11.5. The number of carbonyl (C=O) groups is 1. The molecule has 0 N–H and O–H groups in total. The Bertz CT molecular complexity index is 361. The van der Waals surface area contributed by atoms with Crippen LogP contribution >= 0.6 is 0 Å². The molecular weight excluding hydrogens is 220 g/mol. The van der Waals surface area contributed by atoms with Gasteiger partial charge in [-0.3, -0.25) is 4.68 Å². The molecule has 0 spiro atoms. The molecule has 0 atom stereocenters. The summed E-state index contributed by atoms with van der Waals surface area (Å²) < 4.78 is 12.0. The maximum absolute atomic E-state index is 11.5. The molecule has 0 aliphatic carbocycles. The Morgan fingerprint density at radius 3 is 2.71 bits per heavy atom. The lowest BCUT2D eigenvalue weighted by Crippen LogP contribution is -2.11. The molecule has 1 aromatic heterocycles. The molecule has 0 saturated carbocycles. The lowest BCUT2D eigenvalue weighted by atomic mass is 10.3. The fourth-order valence-electron chi connectivity index (χ4n) is 1.53. The van der Waals surface area contributed by atoms with Gasteiger partial charge in [0.05, 0.1) is 19.8 Å². The van der Waals surface area contributed by atoms with Crippen LogP contribution in [0.5, 0.6) is 0 Å². The Hall–Kier alpha value is -1.36. The zero-order chi connectivity index (χ0) is 12.7. The van der Waals surface area contributed by atoms with Gasteiger partial charge in [-0.25, -0.2) is 4.79 Å². The number of rotatable bonds is 7. The quantitative estimate of drug-likeness (QED) is 0.537. The average molecular weight is 240 g/mol. The summed E-state index contributed by atoms with van der Waals surface area (Å²) in [5, 5.41) is 4.23. The van der Waals surface area contributed by atoms with Gasteiger partial charge in [-0.2, -0.15) is 5.10 Å². The minimum absolute atomic E-state index is 0.364. The summed E-state index contributed by atoms with van der Waals surface area (Å²) in [6.07, 6.45) is 0.832. The summed E-state index contributed by atoms with van der Waals surface area (Å²) in [6, 6.07) is 1.78. The Labute approximate surface area is 102 Å². The van der Waals surface area contributed by atoms with E-state index in [2.05, 4.69) is 5.10 Å². The highest BCUT2D eigenvalue weighted by atomic mass is 16.5. The predicted octanol–water partition coefficient (Wildman–Crippen LogP) is 1.66. The third-order valence-electron chi connectivity index (χ3n) is 2.36. The van der Waals surface area contributed by atoms with Crippen LogP contribution in [-0.2, 0) is 22.4 Å². The third-order valence-corrected chi connectivity index (χ3v) is 2.36. The van der Waals surface area contributed by atoms with Crippen molar-refractivity contribution in [2.75, 3.05) is 19.8 Å². The van der Waals surface area contributed by atoms with Gasteiger partial charge in [0.25, 0.3) is 0 Å². The third kappa shape index (κ3) is 3.85. The summed E-state index contributed by atoms with van der Waals surface area (Å²) in [4.78, 5) is 11.5. The summed E-state index contributed by atoms with van der Waals surface area (Å²) in [6.45, 7) is 8.09. The molecule has 5 nitrogen and oxygen atoms in total. The number of esters is 1. The number of aromatic nitrogens is 2. The maximum Gasteiger partial charge on any atom is 0.358 e.